The number of para-hydroxylation sites is 1. The summed E-state index contributed by atoms with van der Waals surface area (Å²) < 4.78 is 38.8. The van der Waals surface area contributed by atoms with E-state index in [1.807, 2.05) is 7.05 Å². The van der Waals surface area contributed by atoms with Crippen molar-refractivity contribution in [3.8, 4) is 5.75 Å². The first-order valence-corrected chi connectivity index (χ1v) is 13.2. The molecule has 2 aromatic carbocycles. The minimum Gasteiger partial charge on any atom is -0.497 e. The van der Waals surface area contributed by atoms with E-state index < -0.39 is 22.0 Å². The molecule has 36 heavy (non-hydrogen) atoms. The molecule has 0 radical (unpaired) electrons. The van der Waals surface area contributed by atoms with E-state index in [1.165, 1.54) is 31.3 Å². The summed E-state index contributed by atoms with van der Waals surface area (Å²) in [4.78, 5) is 32.3. The van der Waals surface area contributed by atoms with Crippen molar-refractivity contribution in [2.45, 2.75) is 17.5 Å². The number of ether oxygens (including phenoxy) is 2. The Morgan fingerprint density at radius 1 is 0.972 bits per heavy atom. The predicted molar refractivity (Wildman–Crippen MR) is 134 cm³/mol. The average Bonchev–Trinajstić information content (AvgIpc) is 3.07. The summed E-state index contributed by atoms with van der Waals surface area (Å²) >= 11 is 0. The quantitative estimate of drug-likeness (QED) is 0.525. The molecule has 1 fully saturated rings. The fourth-order valence-corrected chi connectivity index (χ4v) is 6.08. The highest BCUT2D eigenvalue weighted by Gasteiger charge is 2.42. The number of hydrogen-bond donors (Lipinski definition) is 0. The number of esters is 1. The summed E-state index contributed by atoms with van der Waals surface area (Å²) in [6, 6.07) is 11.9. The summed E-state index contributed by atoms with van der Waals surface area (Å²) in [5.41, 5.74) is 1.23. The highest BCUT2D eigenvalue weighted by Crippen LogP contribution is 2.32. The molecule has 1 amide bonds. The van der Waals surface area contributed by atoms with E-state index in [0.29, 0.717) is 17.0 Å². The second kappa shape index (κ2) is 11.0. The second-order valence-electron chi connectivity index (χ2n) is 8.98. The number of sulfonamides is 1. The van der Waals surface area contributed by atoms with E-state index in [-0.39, 0.29) is 30.4 Å². The van der Waals surface area contributed by atoms with Gasteiger partial charge in [0, 0.05) is 38.4 Å². The van der Waals surface area contributed by atoms with Crippen LogP contribution in [0, 0.1) is 0 Å². The Hall–Kier alpha value is -2.99. The van der Waals surface area contributed by atoms with E-state index in [1.54, 1.807) is 36.4 Å². The van der Waals surface area contributed by atoms with Gasteiger partial charge in [-0.2, -0.15) is 4.31 Å². The van der Waals surface area contributed by atoms with Crippen LogP contribution in [0.2, 0.25) is 0 Å². The highest BCUT2D eigenvalue weighted by molar-refractivity contribution is 7.89. The van der Waals surface area contributed by atoms with Gasteiger partial charge in [-0.15, -0.1) is 0 Å². The van der Waals surface area contributed by atoms with E-state index in [4.69, 9.17) is 9.47 Å². The molecule has 11 heteroatoms. The van der Waals surface area contributed by atoms with Crippen LogP contribution in [0.1, 0.15) is 5.56 Å². The van der Waals surface area contributed by atoms with Crippen LogP contribution in [0.4, 0.5) is 5.69 Å². The number of piperazine rings is 1. The van der Waals surface area contributed by atoms with Gasteiger partial charge in [0.05, 0.1) is 32.2 Å². The molecule has 1 atom stereocenters. The van der Waals surface area contributed by atoms with Crippen LogP contribution in [0.5, 0.6) is 5.75 Å². The number of likely N-dealkylation sites (N-methyl/N-ethyl adjacent to an activating group) is 1. The molecule has 1 unspecified atom stereocenters. The molecule has 0 spiro atoms. The van der Waals surface area contributed by atoms with Crippen LogP contribution < -0.4 is 9.64 Å². The minimum atomic E-state index is -4.12. The van der Waals surface area contributed by atoms with Crippen molar-refractivity contribution in [1.82, 2.24) is 14.1 Å². The number of carbonyl (C=O) groups is 2. The molecular formula is C25H32N4O6S. The van der Waals surface area contributed by atoms with Gasteiger partial charge in [-0.05, 0) is 42.9 Å². The molecule has 2 aliphatic rings. The minimum absolute atomic E-state index is 0.0203. The Morgan fingerprint density at radius 3 is 2.28 bits per heavy atom. The van der Waals surface area contributed by atoms with Crippen molar-refractivity contribution in [1.29, 1.82) is 0 Å². The molecule has 0 bridgehead atoms. The number of rotatable bonds is 6. The number of amides is 1. The Bertz CT molecular complexity index is 1200. The maximum atomic E-state index is 13.8. The van der Waals surface area contributed by atoms with Gasteiger partial charge in [0.2, 0.25) is 15.9 Å². The van der Waals surface area contributed by atoms with Crippen LogP contribution in [-0.2, 0) is 30.9 Å². The Balaban J connectivity index is 1.70. The van der Waals surface area contributed by atoms with Gasteiger partial charge in [-0.1, -0.05) is 18.2 Å². The zero-order valence-corrected chi connectivity index (χ0v) is 21.6. The number of hydrogen-bond acceptors (Lipinski definition) is 8. The third-order valence-electron chi connectivity index (χ3n) is 6.71. The van der Waals surface area contributed by atoms with Gasteiger partial charge < -0.3 is 19.3 Å². The summed E-state index contributed by atoms with van der Waals surface area (Å²) in [5.74, 6) is -0.401. The predicted octanol–water partition coefficient (Wildman–Crippen LogP) is 1.02. The first-order valence-electron chi connectivity index (χ1n) is 11.8. The standard InChI is InChI=1S/C25H32N4O6S/c1-26-12-14-27(15-13-26)18-24(30)28-17-23(25(31)35-3)29(16-19-6-4-5-7-22(19)28)36(32,33)21-10-8-20(34-2)9-11-21/h4-11,23H,12-18H2,1-3H3. The van der Waals surface area contributed by atoms with Crippen molar-refractivity contribution in [2.75, 3.05) is 65.4 Å². The lowest BCUT2D eigenvalue weighted by atomic mass is 10.1. The molecule has 2 aliphatic heterocycles. The van der Waals surface area contributed by atoms with Gasteiger partial charge >= 0.3 is 5.97 Å². The SMILES string of the molecule is COC(=O)C1CN(C(=O)CN2CCN(C)CC2)c2ccccc2CN1S(=O)(=O)c1ccc(OC)cc1. The lowest BCUT2D eigenvalue weighted by Crippen LogP contribution is -2.53. The molecule has 2 aromatic rings. The van der Waals surface area contributed by atoms with Crippen LogP contribution in [-0.4, -0.2) is 101 Å². The van der Waals surface area contributed by atoms with Crippen LogP contribution in [0.25, 0.3) is 0 Å². The number of nitrogens with zero attached hydrogens (tertiary/aromatic N) is 4. The summed E-state index contributed by atoms with van der Waals surface area (Å²) in [6.07, 6.45) is 0. The molecule has 0 saturated carbocycles. The smallest absolute Gasteiger partial charge is 0.326 e. The largest absolute Gasteiger partial charge is 0.497 e. The molecule has 0 aliphatic carbocycles. The number of fused-ring (bicyclic) bond motifs is 1. The molecule has 1 saturated heterocycles. The molecule has 0 N–H and O–H groups in total. The van der Waals surface area contributed by atoms with Crippen molar-refractivity contribution in [3.63, 3.8) is 0 Å². The molecule has 4 rings (SSSR count). The topological polar surface area (TPSA) is 99.7 Å². The molecule has 194 valence electrons. The molecule has 10 nitrogen and oxygen atoms in total. The van der Waals surface area contributed by atoms with E-state index in [0.717, 1.165) is 30.5 Å². The maximum Gasteiger partial charge on any atom is 0.326 e. The zero-order valence-electron chi connectivity index (χ0n) is 20.8. The Labute approximate surface area is 212 Å². The van der Waals surface area contributed by atoms with Crippen molar-refractivity contribution < 1.29 is 27.5 Å². The first kappa shape index (κ1) is 26.1. The summed E-state index contributed by atoms with van der Waals surface area (Å²) in [5, 5.41) is 0. The lowest BCUT2D eigenvalue weighted by molar-refractivity contribution is -0.145. The van der Waals surface area contributed by atoms with E-state index in [2.05, 4.69) is 9.80 Å². The van der Waals surface area contributed by atoms with Crippen molar-refractivity contribution in [2.24, 2.45) is 0 Å². The third-order valence-corrected chi connectivity index (χ3v) is 8.58. The van der Waals surface area contributed by atoms with Crippen molar-refractivity contribution >= 4 is 27.6 Å². The van der Waals surface area contributed by atoms with Crippen LogP contribution in [0.3, 0.4) is 0 Å². The van der Waals surface area contributed by atoms with Crippen LogP contribution >= 0.6 is 0 Å². The average molecular weight is 517 g/mol. The number of carbonyl (C=O) groups excluding carboxylic acids is 2. The normalized spacial score (nSPS) is 19.9. The fourth-order valence-electron chi connectivity index (χ4n) is 4.53. The molecule has 0 aromatic heterocycles. The monoisotopic (exact) mass is 516 g/mol. The van der Waals surface area contributed by atoms with E-state index in [9.17, 15) is 18.0 Å². The second-order valence-corrected chi connectivity index (χ2v) is 10.9. The van der Waals surface area contributed by atoms with Gasteiger partial charge in [0.1, 0.15) is 11.8 Å². The first-order chi connectivity index (χ1) is 17.2. The maximum absolute atomic E-state index is 13.8. The Morgan fingerprint density at radius 2 is 1.64 bits per heavy atom. The van der Waals surface area contributed by atoms with Gasteiger partial charge in [0.15, 0.2) is 0 Å². The highest BCUT2D eigenvalue weighted by atomic mass is 32.2. The zero-order chi connectivity index (χ0) is 25.9. The van der Waals surface area contributed by atoms with E-state index >= 15 is 0 Å². The molecule has 2 heterocycles. The van der Waals surface area contributed by atoms with Crippen molar-refractivity contribution in [3.05, 3.63) is 54.1 Å². The summed E-state index contributed by atoms with van der Waals surface area (Å²) in [6.45, 7) is 3.20. The number of anilines is 1. The Kier molecular flexibility index (Phi) is 7.94. The third kappa shape index (κ3) is 5.39. The van der Waals surface area contributed by atoms with Gasteiger partial charge in [-0.3, -0.25) is 14.5 Å². The number of benzene rings is 2. The van der Waals surface area contributed by atoms with Crippen LogP contribution in [0.15, 0.2) is 53.4 Å². The van der Waals surface area contributed by atoms with Gasteiger partial charge in [-0.25, -0.2) is 8.42 Å². The summed E-state index contributed by atoms with van der Waals surface area (Å²) in [7, 11) is 0.641. The lowest BCUT2D eigenvalue weighted by Gasteiger charge is -2.34. The fraction of sp³-hybridized carbons (Fsp3) is 0.440. The molecular weight excluding hydrogens is 484 g/mol. The number of methoxy groups -OCH3 is 2. The van der Waals surface area contributed by atoms with Gasteiger partial charge in [0.25, 0.3) is 0 Å².